The van der Waals surface area contributed by atoms with Crippen molar-refractivity contribution in [3.8, 4) is 5.75 Å². The van der Waals surface area contributed by atoms with Crippen LogP contribution in [0.4, 0.5) is 11.4 Å². The summed E-state index contributed by atoms with van der Waals surface area (Å²) in [5, 5.41) is 2.63. The minimum absolute atomic E-state index is 0.0829. The van der Waals surface area contributed by atoms with Gasteiger partial charge in [0.25, 0.3) is 5.91 Å². The molecule has 2 amide bonds. The summed E-state index contributed by atoms with van der Waals surface area (Å²) >= 11 is 0. The fourth-order valence-electron chi connectivity index (χ4n) is 2.81. The van der Waals surface area contributed by atoms with E-state index in [1.165, 1.54) is 7.11 Å². The molecule has 0 aliphatic carbocycles. The maximum absolute atomic E-state index is 12.1. The zero-order valence-electron chi connectivity index (χ0n) is 14.9. The molecule has 0 bridgehead atoms. The van der Waals surface area contributed by atoms with E-state index in [1.807, 2.05) is 0 Å². The summed E-state index contributed by atoms with van der Waals surface area (Å²) in [5.74, 6) is -0.355. The summed E-state index contributed by atoms with van der Waals surface area (Å²) in [7, 11) is 1.54. The first kappa shape index (κ1) is 18.4. The molecular formula is C20H20N2O5. The van der Waals surface area contributed by atoms with Crippen molar-refractivity contribution in [3.05, 3.63) is 54.1 Å². The molecule has 3 rings (SSSR count). The Hall–Kier alpha value is -3.35. The predicted octanol–water partition coefficient (Wildman–Crippen LogP) is 2.62. The van der Waals surface area contributed by atoms with Gasteiger partial charge in [0.2, 0.25) is 5.91 Å². The molecule has 140 valence electrons. The maximum atomic E-state index is 12.1. The molecule has 0 unspecified atom stereocenters. The molecule has 7 nitrogen and oxygen atoms in total. The number of hydrogen-bond acceptors (Lipinski definition) is 5. The number of hydrogen-bond donors (Lipinski definition) is 1. The lowest BCUT2D eigenvalue weighted by Crippen LogP contribution is -2.23. The molecule has 0 aromatic heterocycles. The summed E-state index contributed by atoms with van der Waals surface area (Å²) in [6.07, 6.45) is 1.39. The van der Waals surface area contributed by atoms with Crippen LogP contribution in [0.2, 0.25) is 0 Å². The molecule has 1 aliphatic rings. The van der Waals surface area contributed by atoms with E-state index in [4.69, 9.17) is 9.47 Å². The van der Waals surface area contributed by atoms with Crippen molar-refractivity contribution in [2.24, 2.45) is 0 Å². The zero-order valence-corrected chi connectivity index (χ0v) is 14.9. The van der Waals surface area contributed by atoms with Crippen molar-refractivity contribution in [1.29, 1.82) is 0 Å². The molecular weight excluding hydrogens is 348 g/mol. The Bertz CT molecular complexity index is 848. The Morgan fingerprint density at radius 1 is 1.15 bits per heavy atom. The van der Waals surface area contributed by atoms with E-state index in [0.717, 1.165) is 12.1 Å². The van der Waals surface area contributed by atoms with Gasteiger partial charge >= 0.3 is 5.97 Å². The van der Waals surface area contributed by atoms with Crippen molar-refractivity contribution in [1.82, 2.24) is 0 Å². The number of nitrogens with one attached hydrogen (secondary N) is 1. The number of anilines is 2. The van der Waals surface area contributed by atoms with Gasteiger partial charge in [-0.15, -0.1) is 0 Å². The van der Waals surface area contributed by atoms with Crippen LogP contribution >= 0.6 is 0 Å². The van der Waals surface area contributed by atoms with Crippen LogP contribution in [0.3, 0.4) is 0 Å². The number of ether oxygens (including phenoxy) is 2. The van der Waals surface area contributed by atoms with Crippen LogP contribution in [0.1, 0.15) is 23.2 Å². The van der Waals surface area contributed by atoms with Gasteiger partial charge < -0.3 is 19.7 Å². The number of esters is 1. The fourth-order valence-corrected chi connectivity index (χ4v) is 2.81. The maximum Gasteiger partial charge on any atom is 0.338 e. The van der Waals surface area contributed by atoms with Crippen LogP contribution in [0, 0.1) is 0 Å². The molecule has 1 aliphatic heterocycles. The van der Waals surface area contributed by atoms with Gasteiger partial charge in [0.15, 0.2) is 6.61 Å². The molecule has 0 saturated carbocycles. The van der Waals surface area contributed by atoms with Crippen LogP contribution in [-0.4, -0.2) is 38.0 Å². The minimum Gasteiger partial charge on any atom is -0.497 e. The largest absolute Gasteiger partial charge is 0.497 e. The van der Waals surface area contributed by atoms with Crippen molar-refractivity contribution >= 4 is 29.2 Å². The van der Waals surface area contributed by atoms with Crippen molar-refractivity contribution in [2.45, 2.75) is 12.8 Å². The lowest BCUT2D eigenvalue weighted by molar-refractivity contribution is -0.119. The Morgan fingerprint density at radius 3 is 2.59 bits per heavy atom. The average molecular weight is 368 g/mol. The van der Waals surface area contributed by atoms with E-state index in [9.17, 15) is 14.4 Å². The van der Waals surface area contributed by atoms with Crippen LogP contribution in [0.5, 0.6) is 5.75 Å². The van der Waals surface area contributed by atoms with E-state index in [0.29, 0.717) is 30.0 Å². The van der Waals surface area contributed by atoms with Gasteiger partial charge in [-0.25, -0.2) is 4.79 Å². The lowest BCUT2D eigenvalue weighted by Gasteiger charge is -2.15. The third-order valence-corrected chi connectivity index (χ3v) is 4.18. The summed E-state index contributed by atoms with van der Waals surface area (Å²) in [4.78, 5) is 37.5. The molecule has 7 heteroatoms. The lowest BCUT2D eigenvalue weighted by atomic mass is 10.2. The molecule has 0 atom stereocenters. The van der Waals surface area contributed by atoms with Crippen molar-refractivity contribution in [2.75, 3.05) is 30.5 Å². The monoisotopic (exact) mass is 368 g/mol. The first-order chi connectivity index (χ1) is 13.1. The standard InChI is InChI=1S/C20H20N2O5/c1-26-17-5-2-4-15(12-17)21-18(23)13-27-20(25)14-7-9-16(10-8-14)22-11-3-6-19(22)24/h2,4-5,7-10,12H,3,6,11,13H2,1H3,(H,21,23). The molecule has 1 N–H and O–H groups in total. The van der Waals surface area contributed by atoms with Crippen molar-refractivity contribution < 1.29 is 23.9 Å². The Balaban J connectivity index is 1.52. The molecule has 27 heavy (non-hydrogen) atoms. The van der Waals surface area contributed by atoms with Crippen molar-refractivity contribution in [3.63, 3.8) is 0 Å². The number of nitrogens with zero attached hydrogens (tertiary/aromatic N) is 1. The highest BCUT2D eigenvalue weighted by molar-refractivity contribution is 5.97. The molecule has 1 saturated heterocycles. The summed E-state index contributed by atoms with van der Waals surface area (Å²) in [6.45, 7) is 0.287. The van der Waals surface area contributed by atoms with E-state index in [1.54, 1.807) is 53.4 Å². The average Bonchev–Trinajstić information content (AvgIpc) is 3.12. The van der Waals surface area contributed by atoms with Crippen LogP contribution in [0.15, 0.2) is 48.5 Å². The number of rotatable bonds is 6. The molecule has 0 radical (unpaired) electrons. The van der Waals surface area contributed by atoms with Gasteiger partial charge in [0, 0.05) is 30.4 Å². The van der Waals surface area contributed by atoms with Crippen LogP contribution in [-0.2, 0) is 14.3 Å². The molecule has 0 spiro atoms. The normalized spacial score (nSPS) is 13.4. The van der Waals surface area contributed by atoms with E-state index < -0.39 is 18.5 Å². The highest BCUT2D eigenvalue weighted by Gasteiger charge is 2.21. The fraction of sp³-hybridized carbons (Fsp3) is 0.250. The molecule has 1 fully saturated rings. The van der Waals surface area contributed by atoms with E-state index >= 15 is 0 Å². The highest BCUT2D eigenvalue weighted by atomic mass is 16.5. The number of methoxy groups -OCH3 is 1. The Kier molecular flexibility index (Phi) is 5.71. The topological polar surface area (TPSA) is 84.9 Å². The number of carbonyl (C=O) groups is 3. The van der Waals surface area contributed by atoms with E-state index in [-0.39, 0.29) is 5.91 Å². The second-order valence-corrected chi connectivity index (χ2v) is 6.05. The molecule has 1 heterocycles. The van der Waals surface area contributed by atoms with Gasteiger partial charge in [-0.2, -0.15) is 0 Å². The van der Waals surface area contributed by atoms with Gasteiger partial charge in [-0.3, -0.25) is 9.59 Å². The van der Waals surface area contributed by atoms with E-state index in [2.05, 4.69) is 5.32 Å². The van der Waals surface area contributed by atoms with Gasteiger partial charge in [0.05, 0.1) is 12.7 Å². The minimum atomic E-state index is -0.602. The number of carbonyl (C=O) groups excluding carboxylic acids is 3. The number of amides is 2. The second kappa shape index (κ2) is 8.35. The first-order valence-corrected chi connectivity index (χ1v) is 8.58. The second-order valence-electron chi connectivity index (χ2n) is 6.05. The zero-order chi connectivity index (χ0) is 19.2. The third-order valence-electron chi connectivity index (χ3n) is 4.18. The van der Waals surface area contributed by atoms with Crippen LogP contribution in [0.25, 0.3) is 0 Å². The third kappa shape index (κ3) is 4.63. The summed E-state index contributed by atoms with van der Waals surface area (Å²) in [6, 6.07) is 13.5. The highest BCUT2D eigenvalue weighted by Crippen LogP contribution is 2.22. The predicted molar refractivity (Wildman–Crippen MR) is 99.9 cm³/mol. The van der Waals surface area contributed by atoms with Gasteiger partial charge in [-0.1, -0.05) is 6.07 Å². The first-order valence-electron chi connectivity index (χ1n) is 8.58. The smallest absolute Gasteiger partial charge is 0.338 e. The van der Waals surface area contributed by atoms with Crippen LogP contribution < -0.4 is 15.0 Å². The SMILES string of the molecule is COc1cccc(NC(=O)COC(=O)c2ccc(N3CCCC3=O)cc2)c1. The molecule has 2 aromatic rings. The van der Waals surface area contributed by atoms with Gasteiger partial charge in [0.1, 0.15) is 5.75 Å². The summed E-state index contributed by atoms with van der Waals surface area (Å²) < 4.78 is 10.1. The Morgan fingerprint density at radius 2 is 1.93 bits per heavy atom. The summed E-state index contributed by atoms with van der Waals surface area (Å²) in [5.41, 5.74) is 1.62. The van der Waals surface area contributed by atoms with Gasteiger partial charge in [-0.05, 0) is 42.8 Å². The quantitative estimate of drug-likeness (QED) is 0.793. The molecule has 2 aromatic carbocycles. The Labute approximate surface area is 156 Å². The number of benzene rings is 2.